The number of benzene rings is 1. The average Bonchev–Trinajstić information content (AvgIpc) is 3.39. The third-order valence-corrected chi connectivity index (χ3v) is 5.18. The molecule has 0 spiro atoms. The zero-order chi connectivity index (χ0) is 18.8. The van der Waals surface area contributed by atoms with Gasteiger partial charge in [-0.25, -0.2) is 0 Å². The summed E-state index contributed by atoms with van der Waals surface area (Å²) in [5, 5.41) is 0.876. The minimum Gasteiger partial charge on any atom is -0.357 e. The highest BCUT2D eigenvalue weighted by Gasteiger charge is 2.20. The Labute approximate surface area is 157 Å². The molecule has 0 bridgehead atoms. The molecule has 0 radical (unpaired) electrons. The highest BCUT2D eigenvalue weighted by molar-refractivity contribution is 5.98. The van der Waals surface area contributed by atoms with Crippen molar-refractivity contribution in [2.75, 3.05) is 13.1 Å². The van der Waals surface area contributed by atoms with E-state index in [1.54, 1.807) is 16.8 Å². The third-order valence-electron chi connectivity index (χ3n) is 5.18. The Morgan fingerprint density at radius 2 is 2.04 bits per heavy atom. The molecule has 27 heavy (non-hydrogen) atoms. The minimum atomic E-state index is -0.0371. The van der Waals surface area contributed by atoms with Crippen molar-refractivity contribution in [3.05, 3.63) is 71.3 Å². The lowest BCUT2D eigenvalue weighted by Crippen LogP contribution is -2.27. The first-order valence-electron chi connectivity index (χ1n) is 9.40. The van der Waals surface area contributed by atoms with Crippen molar-refractivity contribution in [2.45, 2.75) is 25.8 Å². The topological polar surface area (TPSA) is 58.1 Å². The Kier molecular flexibility index (Phi) is 4.67. The molecular formula is C22H23N3O2. The van der Waals surface area contributed by atoms with Gasteiger partial charge < -0.3 is 14.5 Å². The van der Waals surface area contributed by atoms with Crippen molar-refractivity contribution in [1.82, 2.24) is 14.5 Å². The smallest absolute Gasteiger partial charge is 0.274 e. The van der Waals surface area contributed by atoms with Crippen LogP contribution in [0.2, 0.25) is 0 Å². The Bertz CT molecular complexity index is 1050. The Morgan fingerprint density at radius 1 is 1.22 bits per heavy atom. The van der Waals surface area contributed by atoms with Gasteiger partial charge in [0.25, 0.3) is 11.5 Å². The van der Waals surface area contributed by atoms with Crippen molar-refractivity contribution in [2.24, 2.45) is 0 Å². The molecule has 2 aromatic heterocycles. The number of rotatable bonds is 5. The number of likely N-dealkylation sites (tertiary alicyclic amines) is 1. The number of allylic oxidation sites excluding steroid dienone is 1. The fourth-order valence-electron chi connectivity index (χ4n) is 3.75. The first-order chi connectivity index (χ1) is 13.2. The third kappa shape index (κ3) is 3.21. The van der Waals surface area contributed by atoms with Crippen molar-refractivity contribution in [3.8, 4) is 11.1 Å². The van der Waals surface area contributed by atoms with Gasteiger partial charge in [0.1, 0.15) is 5.52 Å². The molecule has 1 N–H and O–H groups in total. The minimum absolute atomic E-state index is 0.0371. The number of amides is 1. The number of aromatic nitrogens is 2. The van der Waals surface area contributed by atoms with Gasteiger partial charge in [-0.1, -0.05) is 18.2 Å². The van der Waals surface area contributed by atoms with Gasteiger partial charge in [0.05, 0.1) is 0 Å². The number of nitrogens with zero attached hydrogens (tertiary/aromatic N) is 2. The van der Waals surface area contributed by atoms with Gasteiger partial charge in [-0.15, -0.1) is 6.58 Å². The molecule has 1 amide bonds. The van der Waals surface area contributed by atoms with E-state index >= 15 is 0 Å². The fraction of sp³-hybridized carbons (Fsp3) is 0.273. The van der Waals surface area contributed by atoms with Gasteiger partial charge in [-0.3, -0.25) is 9.59 Å². The maximum atomic E-state index is 12.8. The van der Waals surface area contributed by atoms with Gasteiger partial charge in [0.2, 0.25) is 0 Å². The zero-order valence-corrected chi connectivity index (χ0v) is 15.3. The molecule has 4 rings (SSSR count). The van der Waals surface area contributed by atoms with Crippen LogP contribution in [0, 0.1) is 0 Å². The van der Waals surface area contributed by atoms with E-state index in [4.69, 9.17) is 0 Å². The van der Waals surface area contributed by atoms with Crippen LogP contribution in [0.3, 0.4) is 0 Å². The molecule has 1 aliphatic rings. The van der Waals surface area contributed by atoms with Gasteiger partial charge in [0.15, 0.2) is 0 Å². The molecule has 0 saturated carbocycles. The molecule has 1 saturated heterocycles. The molecular weight excluding hydrogens is 338 g/mol. The summed E-state index contributed by atoms with van der Waals surface area (Å²) in [6.07, 6.45) is 8.35. The van der Waals surface area contributed by atoms with Crippen LogP contribution in [0.25, 0.3) is 22.0 Å². The number of H-pyrrole nitrogens is 1. The highest BCUT2D eigenvalue weighted by atomic mass is 16.2. The summed E-state index contributed by atoms with van der Waals surface area (Å²) < 4.78 is 1.71. The zero-order valence-electron chi connectivity index (χ0n) is 15.3. The molecule has 1 aliphatic heterocycles. The van der Waals surface area contributed by atoms with E-state index in [0.29, 0.717) is 17.6 Å². The van der Waals surface area contributed by atoms with Crippen LogP contribution in [0.5, 0.6) is 0 Å². The van der Waals surface area contributed by atoms with Crippen molar-refractivity contribution in [1.29, 1.82) is 0 Å². The van der Waals surface area contributed by atoms with Gasteiger partial charge in [0, 0.05) is 48.5 Å². The Morgan fingerprint density at radius 3 is 2.81 bits per heavy atom. The van der Waals surface area contributed by atoms with Gasteiger partial charge in [-0.05, 0) is 43.0 Å². The summed E-state index contributed by atoms with van der Waals surface area (Å²) in [6, 6.07) is 9.62. The maximum Gasteiger partial charge on any atom is 0.274 e. The summed E-state index contributed by atoms with van der Waals surface area (Å²) in [5.41, 5.74) is 3.14. The number of nitrogens with one attached hydrogen (secondary N) is 1. The summed E-state index contributed by atoms with van der Waals surface area (Å²) in [6.45, 7) is 5.98. The van der Waals surface area contributed by atoms with Crippen LogP contribution < -0.4 is 5.56 Å². The molecule has 0 unspecified atom stereocenters. The molecule has 1 aromatic carbocycles. The number of fused-ring (bicyclic) bond motifs is 1. The van der Waals surface area contributed by atoms with Crippen molar-refractivity contribution in [3.63, 3.8) is 0 Å². The lowest BCUT2D eigenvalue weighted by molar-refractivity contribution is 0.0793. The second-order valence-electron chi connectivity index (χ2n) is 6.97. The van der Waals surface area contributed by atoms with Crippen LogP contribution >= 0.6 is 0 Å². The number of carbonyl (C=O) groups excluding carboxylic acids is 1. The second-order valence-corrected chi connectivity index (χ2v) is 6.97. The highest BCUT2D eigenvalue weighted by Crippen LogP contribution is 2.28. The summed E-state index contributed by atoms with van der Waals surface area (Å²) in [5.74, 6) is 0.0830. The van der Waals surface area contributed by atoms with E-state index in [-0.39, 0.29) is 11.5 Å². The van der Waals surface area contributed by atoms with E-state index in [1.807, 2.05) is 41.4 Å². The van der Waals surface area contributed by atoms with E-state index in [2.05, 4.69) is 11.6 Å². The van der Waals surface area contributed by atoms with Crippen LogP contribution in [-0.4, -0.2) is 33.4 Å². The molecule has 138 valence electrons. The summed E-state index contributed by atoms with van der Waals surface area (Å²) in [7, 11) is 0. The molecule has 0 atom stereocenters. The second kappa shape index (κ2) is 7.27. The first-order valence-corrected chi connectivity index (χ1v) is 9.40. The van der Waals surface area contributed by atoms with E-state index < -0.39 is 0 Å². The normalized spacial score (nSPS) is 14.0. The fourth-order valence-corrected chi connectivity index (χ4v) is 3.75. The van der Waals surface area contributed by atoms with E-state index in [1.165, 1.54) is 0 Å². The molecule has 3 heterocycles. The number of hydrogen-bond donors (Lipinski definition) is 1. The van der Waals surface area contributed by atoms with Gasteiger partial charge in [-0.2, -0.15) is 0 Å². The monoisotopic (exact) mass is 361 g/mol. The number of carbonyl (C=O) groups is 1. The lowest BCUT2D eigenvalue weighted by Gasteiger charge is -2.16. The Hall–Kier alpha value is -3.08. The van der Waals surface area contributed by atoms with Crippen molar-refractivity contribution >= 4 is 16.8 Å². The number of pyridine rings is 1. The quantitative estimate of drug-likeness (QED) is 0.703. The average molecular weight is 361 g/mol. The largest absolute Gasteiger partial charge is 0.357 e. The lowest BCUT2D eigenvalue weighted by atomic mass is 10.0. The predicted octanol–water partition coefficient (Wildman–Crippen LogP) is 3.81. The van der Waals surface area contributed by atoms with Gasteiger partial charge >= 0.3 is 0 Å². The predicted molar refractivity (Wildman–Crippen MR) is 108 cm³/mol. The molecule has 0 aliphatic carbocycles. The van der Waals surface area contributed by atoms with Crippen LogP contribution in [-0.2, 0) is 6.54 Å². The number of hydrogen-bond acceptors (Lipinski definition) is 2. The standard InChI is InChI=1S/C22H23N3O2/c1-2-3-11-25-15-19(18-9-10-23-20(18)22(25)27)16-7-6-8-17(14-16)21(26)24-12-4-5-13-24/h2,6-10,14-15,23H,1,3-5,11-13H2. The van der Waals surface area contributed by atoms with E-state index in [9.17, 15) is 9.59 Å². The molecule has 1 fully saturated rings. The maximum absolute atomic E-state index is 12.8. The number of aryl methyl sites for hydroxylation is 1. The van der Waals surface area contributed by atoms with Crippen LogP contribution in [0.15, 0.2) is 60.2 Å². The molecule has 5 nitrogen and oxygen atoms in total. The molecule has 5 heteroatoms. The molecule has 3 aromatic rings. The van der Waals surface area contributed by atoms with Crippen LogP contribution in [0.1, 0.15) is 29.6 Å². The van der Waals surface area contributed by atoms with Crippen LogP contribution in [0.4, 0.5) is 0 Å². The number of aromatic amines is 1. The first kappa shape index (κ1) is 17.3. The van der Waals surface area contributed by atoms with E-state index in [0.717, 1.165) is 48.9 Å². The SMILES string of the molecule is C=CCCn1cc(-c2cccc(C(=O)N3CCCC3)c2)c2cc[nH]c2c1=O. The Balaban J connectivity index is 1.80. The van der Waals surface area contributed by atoms with Crippen molar-refractivity contribution < 1.29 is 4.79 Å². The summed E-state index contributed by atoms with van der Waals surface area (Å²) >= 11 is 0. The summed E-state index contributed by atoms with van der Waals surface area (Å²) in [4.78, 5) is 30.4.